The van der Waals surface area contributed by atoms with Gasteiger partial charge in [-0.2, -0.15) is 0 Å². The van der Waals surface area contributed by atoms with Crippen LogP contribution in [0.25, 0.3) is 0 Å². The van der Waals surface area contributed by atoms with Crippen LogP contribution in [0, 0.1) is 11.8 Å². The van der Waals surface area contributed by atoms with E-state index in [1.54, 1.807) is 18.2 Å². The third-order valence-corrected chi connectivity index (χ3v) is 5.69. The van der Waals surface area contributed by atoms with Gasteiger partial charge in [-0.15, -0.1) is 0 Å². The van der Waals surface area contributed by atoms with Gasteiger partial charge in [0.1, 0.15) is 6.04 Å². The quantitative estimate of drug-likeness (QED) is 0.637. The molecule has 3 rings (SSSR count). The predicted octanol–water partition coefficient (Wildman–Crippen LogP) is 3.60. The summed E-state index contributed by atoms with van der Waals surface area (Å²) in [6.45, 7) is 1.23. The number of benzene rings is 2. The lowest BCUT2D eigenvalue weighted by Crippen LogP contribution is -2.37. The molecular formula is C21H24Cl2N2O3. The zero-order valence-electron chi connectivity index (χ0n) is 15.4. The summed E-state index contributed by atoms with van der Waals surface area (Å²) in [4.78, 5) is 15.3. The normalized spacial score (nSPS) is 18.4. The molecule has 28 heavy (non-hydrogen) atoms. The molecule has 1 aliphatic heterocycles. The summed E-state index contributed by atoms with van der Waals surface area (Å²) in [5, 5.41) is 22.8. The molecule has 0 bridgehead atoms. The Labute approximate surface area is 174 Å². The number of carbonyl (C=O) groups excluding carboxylic acids is 1. The smallest absolute Gasteiger partial charge is 0.246 e. The topological polar surface area (TPSA) is 72.8 Å². The summed E-state index contributed by atoms with van der Waals surface area (Å²) in [5.41, 5.74) is 1.43. The van der Waals surface area contributed by atoms with Crippen LogP contribution in [0.4, 0.5) is 5.69 Å². The van der Waals surface area contributed by atoms with Crippen molar-refractivity contribution in [1.29, 1.82) is 0 Å². The summed E-state index contributed by atoms with van der Waals surface area (Å²) in [6, 6.07) is 14.0. The van der Waals surface area contributed by atoms with E-state index < -0.39 is 6.04 Å². The molecule has 7 heteroatoms. The van der Waals surface area contributed by atoms with Crippen molar-refractivity contribution in [2.75, 3.05) is 31.6 Å². The minimum Gasteiger partial charge on any atom is -0.396 e. The van der Waals surface area contributed by atoms with Gasteiger partial charge in [-0.25, -0.2) is 0 Å². The number of nitrogens with zero attached hydrogens (tertiary/aromatic N) is 1. The van der Waals surface area contributed by atoms with Gasteiger partial charge in [0.15, 0.2) is 0 Å². The molecule has 0 radical (unpaired) electrons. The van der Waals surface area contributed by atoms with E-state index >= 15 is 0 Å². The zero-order valence-corrected chi connectivity index (χ0v) is 16.9. The number of rotatable bonds is 7. The van der Waals surface area contributed by atoms with Crippen LogP contribution in [0.1, 0.15) is 18.0 Å². The number of nitrogens with one attached hydrogen (secondary N) is 1. The summed E-state index contributed by atoms with van der Waals surface area (Å²) in [5.74, 6) is -0.194. The van der Waals surface area contributed by atoms with E-state index in [1.165, 1.54) is 0 Å². The largest absolute Gasteiger partial charge is 0.396 e. The van der Waals surface area contributed by atoms with Crippen molar-refractivity contribution in [2.24, 2.45) is 11.8 Å². The first-order valence-electron chi connectivity index (χ1n) is 9.29. The number of anilines is 1. The third kappa shape index (κ3) is 5.04. The second kappa shape index (κ2) is 9.72. The molecule has 2 unspecified atom stereocenters. The van der Waals surface area contributed by atoms with E-state index in [2.05, 4.69) is 10.2 Å². The maximum atomic E-state index is 13.2. The van der Waals surface area contributed by atoms with Gasteiger partial charge in [0.25, 0.3) is 0 Å². The van der Waals surface area contributed by atoms with Crippen LogP contribution < -0.4 is 5.32 Å². The summed E-state index contributed by atoms with van der Waals surface area (Å²) < 4.78 is 0. The lowest BCUT2D eigenvalue weighted by Gasteiger charge is -2.28. The van der Waals surface area contributed by atoms with Crippen molar-refractivity contribution in [1.82, 2.24) is 4.90 Å². The number of carbonyl (C=O) groups is 1. The van der Waals surface area contributed by atoms with Gasteiger partial charge < -0.3 is 15.5 Å². The minimum absolute atomic E-state index is 0.0573. The maximum Gasteiger partial charge on any atom is 0.246 e. The van der Waals surface area contributed by atoms with Gasteiger partial charge in [0, 0.05) is 41.4 Å². The highest BCUT2D eigenvalue weighted by Crippen LogP contribution is 2.32. The molecule has 2 aromatic carbocycles. The summed E-state index contributed by atoms with van der Waals surface area (Å²) in [6.07, 6.45) is 0.825. The number of hydrogen-bond acceptors (Lipinski definition) is 4. The van der Waals surface area contributed by atoms with Crippen molar-refractivity contribution in [3.63, 3.8) is 0 Å². The Morgan fingerprint density at radius 1 is 1.11 bits per heavy atom. The van der Waals surface area contributed by atoms with Crippen molar-refractivity contribution < 1.29 is 15.0 Å². The molecule has 2 aromatic rings. The van der Waals surface area contributed by atoms with Crippen LogP contribution in [0.15, 0.2) is 48.5 Å². The number of aliphatic hydroxyl groups is 2. The average molecular weight is 423 g/mol. The molecule has 150 valence electrons. The molecule has 1 saturated heterocycles. The molecule has 1 aliphatic rings. The highest BCUT2D eigenvalue weighted by atomic mass is 35.5. The first-order valence-corrected chi connectivity index (χ1v) is 10.0. The lowest BCUT2D eigenvalue weighted by atomic mass is 9.93. The second-order valence-corrected chi connectivity index (χ2v) is 8.00. The van der Waals surface area contributed by atoms with Gasteiger partial charge in [-0.1, -0.05) is 53.5 Å². The number of likely N-dealkylation sites (tertiary alicyclic amines) is 1. The number of amides is 1. The van der Waals surface area contributed by atoms with E-state index in [0.29, 0.717) is 28.8 Å². The molecule has 0 saturated carbocycles. The van der Waals surface area contributed by atoms with E-state index in [1.807, 2.05) is 30.3 Å². The monoisotopic (exact) mass is 422 g/mol. The molecule has 0 aliphatic carbocycles. The van der Waals surface area contributed by atoms with Crippen molar-refractivity contribution in [3.05, 3.63) is 64.1 Å². The first-order chi connectivity index (χ1) is 13.5. The molecular weight excluding hydrogens is 399 g/mol. The number of hydrogen-bond donors (Lipinski definition) is 3. The van der Waals surface area contributed by atoms with E-state index in [0.717, 1.165) is 12.0 Å². The zero-order chi connectivity index (χ0) is 20.1. The van der Waals surface area contributed by atoms with Crippen LogP contribution in [-0.4, -0.2) is 47.3 Å². The standard InChI is InChI=1S/C21H24Cl2N2O3/c22-17-8-18(23)10-19(9-17)24-21(28)20(14-4-2-1-3-5-14)25-7-6-15(11-25)16(12-26)13-27/h1-5,8-10,15-16,20,26-27H,6-7,11-13H2,(H,24,28). The maximum absolute atomic E-state index is 13.2. The van der Waals surface area contributed by atoms with Crippen LogP contribution >= 0.6 is 23.2 Å². The van der Waals surface area contributed by atoms with Gasteiger partial charge in [0.2, 0.25) is 5.91 Å². The molecule has 1 heterocycles. The number of halogens is 2. The molecule has 3 N–H and O–H groups in total. The molecule has 2 atom stereocenters. The third-order valence-electron chi connectivity index (χ3n) is 5.25. The van der Waals surface area contributed by atoms with Crippen molar-refractivity contribution >= 4 is 34.8 Å². The molecule has 1 amide bonds. The van der Waals surface area contributed by atoms with Crippen molar-refractivity contribution in [2.45, 2.75) is 12.5 Å². The SMILES string of the molecule is O=C(Nc1cc(Cl)cc(Cl)c1)C(c1ccccc1)N1CCC(C(CO)CO)C1. The van der Waals surface area contributed by atoms with E-state index in [-0.39, 0.29) is 31.0 Å². The fraction of sp³-hybridized carbons (Fsp3) is 0.381. The van der Waals surface area contributed by atoms with Crippen LogP contribution in [0.3, 0.4) is 0 Å². The predicted molar refractivity (Wildman–Crippen MR) is 112 cm³/mol. The van der Waals surface area contributed by atoms with Crippen LogP contribution in [0.5, 0.6) is 0 Å². The Balaban J connectivity index is 1.83. The average Bonchev–Trinajstić information content (AvgIpc) is 3.12. The molecule has 5 nitrogen and oxygen atoms in total. The molecule has 0 aromatic heterocycles. The Bertz CT molecular complexity index is 779. The Morgan fingerprint density at radius 3 is 2.36 bits per heavy atom. The highest BCUT2D eigenvalue weighted by Gasteiger charge is 2.36. The second-order valence-electron chi connectivity index (χ2n) is 7.13. The summed E-state index contributed by atoms with van der Waals surface area (Å²) in [7, 11) is 0. The first kappa shape index (κ1) is 21.1. The fourth-order valence-electron chi connectivity index (χ4n) is 3.79. The highest BCUT2D eigenvalue weighted by molar-refractivity contribution is 6.35. The minimum atomic E-state index is -0.484. The van der Waals surface area contributed by atoms with Gasteiger partial charge >= 0.3 is 0 Å². The Hall–Kier alpha value is -1.63. The molecule has 1 fully saturated rings. The molecule has 0 spiro atoms. The van der Waals surface area contributed by atoms with Gasteiger partial charge in [0.05, 0.1) is 0 Å². The van der Waals surface area contributed by atoms with Gasteiger partial charge in [-0.3, -0.25) is 9.69 Å². The Morgan fingerprint density at radius 2 is 1.75 bits per heavy atom. The van der Waals surface area contributed by atoms with E-state index in [9.17, 15) is 15.0 Å². The van der Waals surface area contributed by atoms with Crippen LogP contribution in [0.2, 0.25) is 10.0 Å². The fourth-order valence-corrected chi connectivity index (χ4v) is 4.32. The Kier molecular flexibility index (Phi) is 7.32. The lowest BCUT2D eigenvalue weighted by molar-refractivity contribution is -0.121. The van der Waals surface area contributed by atoms with Gasteiger partial charge in [-0.05, 0) is 42.6 Å². The number of aliphatic hydroxyl groups excluding tert-OH is 2. The summed E-state index contributed by atoms with van der Waals surface area (Å²) >= 11 is 12.1. The van der Waals surface area contributed by atoms with Crippen molar-refractivity contribution in [3.8, 4) is 0 Å². The van der Waals surface area contributed by atoms with E-state index in [4.69, 9.17) is 23.2 Å². The van der Waals surface area contributed by atoms with Crippen LogP contribution in [-0.2, 0) is 4.79 Å².